The highest BCUT2D eigenvalue weighted by atomic mass is 127. The first kappa shape index (κ1) is 12.7. The summed E-state index contributed by atoms with van der Waals surface area (Å²) in [5.41, 5.74) is 0.631. The molecule has 17 heavy (non-hydrogen) atoms. The highest BCUT2D eigenvalue weighted by Gasteiger charge is 2.25. The van der Waals surface area contributed by atoms with E-state index in [0.717, 1.165) is 16.4 Å². The van der Waals surface area contributed by atoms with Gasteiger partial charge in [0.25, 0.3) is 5.91 Å². The molecule has 1 aromatic rings. The molecule has 1 saturated carbocycles. The first-order chi connectivity index (χ1) is 8.06. The van der Waals surface area contributed by atoms with Gasteiger partial charge in [-0.15, -0.1) is 0 Å². The van der Waals surface area contributed by atoms with Crippen LogP contribution in [0.1, 0.15) is 37.0 Å². The van der Waals surface area contributed by atoms with Gasteiger partial charge in [-0.2, -0.15) is 0 Å². The Kier molecular flexibility index (Phi) is 3.91. The number of carbonyl (C=O) groups is 1. The number of rotatable bonds is 4. The standard InChI is InChI=1S/C13H16INO2/c1-8(2)17-12-7-9(14)3-6-11(12)13(16)15-10-4-5-10/h3,6-8,10H,4-5H2,1-2H3,(H,15,16). The van der Waals surface area contributed by atoms with Gasteiger partial charge in [0, 0.05) is 9.61 Å². The van der Waals surface area contributed by atoms with Crippen molar-refractivity contribution in [3.8, 4) is 5.75 Å². The summed E-state index contributed by atoms with van der Waals surface area (Å²) >= 11 is 2.22. The van der Waals surface area contributed by atoms with Crippen LogP contribution in [0.4, 0.5) is 0 Å². The predicted octanol–water partition coefficient (Wildman–Crippen LogP) is 2.97. The minimum atomic E-state index is -0.0282. The molecule has 0 atom stereocenters. The van der Waals surface area contributed by atoms with Crippen LogP contribution in [-0.4, -0.2) is 18.1 Å². The lowest BCUT2D eigenvalue weighted by Crippen LogP contribution is -2.26. The summed E-state index contributed by atoms with van der Waals surface area (Å²) in [7, 11) is 0. The number of ether oxygens (including phenoxy) is 1. The van der Waals surface area contributed by atoms with Crippen LogP contribution in [0.5, 0.6) is 5.75 Å². The first-order valence-electron chi connectivity index (χ1n) is 5.83. The maximum Gasteiger partial charge on any atom is 0.255 e. The van der Waals surface area contributed by atoms with Crippen LogP contribution in [0.3, 0.4) is 0 Å². The van der Waals surface area contributed by atoms with Gasteiger partial charge in [-0.25, -0.2) is 0 Å². The Balaban J connectivity index is 2.20. The van der Waals surface area contributed by atoms with Crippen LogP contribution < -0.4 is 10.1 Å². The van der Waals surface area contributed by atoms with Crippen LogP contribution in [0, 0.1) is 3.57 Å². The number of hydrogen-bond acceptors (Lipinski definition) is 2. The molecule has 0 radical (unpaired) electrons. The van der Waals surface area contributed by atoms with E-state index in [-0.39, 0.29) is 12.0 Å². The Labute approximate surface area is 115 Å². The van der Waals surface area contributed by atoms with E-state index in [1.54, 1.807) is 0 Å². The summed E-state index contributed by atoms with van der Waals surface area (Å²) < 4.78 is 6.75. The lowest BCUT2D eigenvalue weighted by atomic mass is 10.2. The maximum absolute atomic E-state index is 12.0. The fraction of sp³-hybridized carbons (Fsp3) is 0.462. The summed E-state index contributed by atoms with van der Waals surface area (Å²) in [6.45, 7) is 3.92. The average Bonchev–Trinajstić information content (AvgIpc) is 3.00. The van der Waals surface area contributed by atoms with Crippen LogP contribution in [0.25, 0.3) is 0 Å². The van der Waals surface area contributed by atoms with Crippen molar-refractivity contribution in [2.24, 2.45) is 0 Å². The van der Waals surface area contributed by atoms with Crippen molar-refractivity contribution in [1.82, 2.24) is 5.32 Å². The Bertz CT molecular complexity index is 427. The quantitative estimate of drug-likeness (QED) is 0.852. The second kappa shape index (κ2) is 5.25. The Morgan fingerprint density at radius 1 is 1.47 bits per heavy atom. The van der Waals surface area contributed by atoms with Crippen LogP contribution >= 0.6 is 22.6 Å². The summed E-state index contributed by atoms with van der Waals surface area (Å²) in [6, 6.07) is 6.03. The van der Waals surface area contributed by atoms with E-state index in [1.165, 1.54) is 0 Å². The topological polar surface area (TPSA) is 38.3 Å². The SMILES string of the molecule is CC(C)Oc1cc(I)ccc1C(=O)NC1CC1. The molecular formula is C13H16INO2. The van der Waals surface area contributed by atoms with Crippen molar-refractivity contribution < 1.29 is 9.53 Å². The summed E-state index contributed by atoms with van der Waals surface area (Å²) in [5.74, 6) is 0.643. The van der Waals surface area contributed by atoms with Crippen molar-refractivity contribution in [3.63, 3.8) is 0 Å². The van der Waals surface area contributed by atoms with Gasteiger partial charge in [0.05, 0.1) is 11.7 Å². The summed E-state index contributed by atoms with van der Waals surface area (Å²) in [4.78, 5) is 12.0. The van der Waals surface area contributed by atoms with E-state index in [0.29, 0.717) is 17.4 Å². The van der Waals surface area contributed by atoms with Gasteiger partial charge in [-0.3, -0.25) is 4.79 Å². The molecule has 3 nitrogen and oxygen atoms in total. The molecule has 0 spiro atoms. The molecule has 1 aliphatic rings. The lowest BCUT2D eigenvalue weighted by Gasteiger charge is -2.14. The van der Waals surface area contributed by atoms with Gasteiger partial charge < -0.3 is 10.1 Å². The van der Waals surface area contributed by atoms with Gasteiger partial charge in [-0.1, -0.05) is 0 Å². The Hall–Kier alpha value is -0.780. The molecule has 0 heterocycles. The monoisotopic (exact) mass is 345 g/mol. The van der Waals surface area contributed by atoms with Crippen molar-refractivity contribution >= 4 is 28.5 Å². The van der Waals surface area contributed by atoms with Gasteiger partial charge in [-0.05, 0) is 67.5 Å². The fourth-order valence-corrected chi connectivity index (χ4v) is 1.99. The largest absolute Gasteiger partial charge is 0.490 e. The third-order valence-electron chi connectivity index (χ3n) is 2.46. The van der Waals surface area contributed by atoms with E-state index in [1.807, 2.05) is 32.0 Å². The highest BCUT2D eigenvalue weighted by molar-refractivity contribution is 14.1. The molecule has 1 N–H and O–H groups in total. The minimum Gasteiger partial charge on any atom is -0.490 e. The third-order valence-corrected chi connectivity index (χ3v) is 3.13. The van der Waals surface area contributed by atoms with Gasteiger partial charge in [0.1, 0.15) is 5.75 Å². The molecule has 0 aromatic heterocycles. The number of nitrogens with one attached hydrogen (secondary N) is 1. The van der Waals surface area contributed by atoms with Crippen molar-refractivity contribution in [3.05, 3.63) is 27.3 Å². The zero-order valence-corrected chi connectivity index (χ0v) is 12.2. The average molecular weight is 345 g/mol. The molecule has 1 aromatic carbocycles. The van der Waals surface area contributed by atoms with Crippen molar-refractivity contribution in [2.45, 2.75) is 38.8 Å². The van der Waals surface area contributed by atoms with E-state index in [9.17, 15) is 4.79 Å². The van der Waals surface area contributed by atoms with Crippen LogP contribution in [-0.2, 0) is 0 Å². The molecule has 4 heteroatoms. The summed E-state index contributed by atoms with van der Waals surface area (Å²) in [6.07, 6.45) is 2.26. The molecule has 92 valence electrons. The number of halogens is 1. The first-order valence-corrected chi connectivity index (χ1v) is 6.91. The second-order valence-corrected chi connectivity index (χ2v) is 5.80. The molecular weight excluding hydrogens is 329 g/mol. The maximum atomic E-state index is 12.0. The number of carbonyl (C=O) groups excluding carboxylic acids is 1. The molecule has 0 bridgehead atoms. The van der Waals surface area contributed by atoms with Crippen molar-refractivity contribution in [2.75, 3.05) is 0 Å². The lowest BCUT2D eigenvalue weighted by molar-refractivity contribution is 0.0945. The highest BCUT2D eigenvalue weighted by Crippen LogP contribution is 2.25. The molecule has 1 fully saturated rings. The smallest absolute Gasteiger partial charge is 0.255 e. The summed E-state index contributed by atoms with van der Waals surface area (Å²) in [5, 5.41) is 2.98. The van der Waals surface area contributed by atoms with Crippen molar-refractivity contribution in [1.29, 1.82) is 0 Å². The van der Waals surface area contributed by atoms with E-state index >= 15 is 0 Å². The van der Waals surface area contributed by atoms with E-state index < -0.39 is 0 Å². The predicted molar refractivity (Wildman–Crippen MR) is 75.4 cm³/mol. The molecule has 1 amide bonds. The number of benzene rings is 1. The van der Waals surface area contributed by atoms with Gasteiger partial charge in [0.15, 0.2) is 0 Å². The Morgan fingerprint density at radius 2 is 2.18 bits per heavy atom. The molecule has 0 unspecified atom stereocenters. The third kappa shape index (κ3) is 3.59. The minimum absolute atomic E-state index is 0.0282. The van der Waals surface area contributed by atoms with Crippen LogP contribution in [0.2, 0.25) is 0 Å². The van der Waals surface area contributed by atoms with Gasteiger partial charge in [0.2, 0.25) is 0 Å². The number of hydrogen-bond donors (Lipinski definition) is 1. The molecule has 1 aliphatic carbocycles. The molecule has 0 aliphatic heterocycles. The Morgan fingerprint density at radius 3 is 2.76 bits per heavy atom. The zero-order valence-electron chi connectivity index (χ0n) is 10.00. The molecule has 0 saturated heterocycles. The fourth-order valence-electron chi connectivity index (χ4n) is 1.53. The van der Waals surface area contributed by atoms with Gasteiger partial charge >= 0.3 is 0 Å². The molecule has 2 rings (SSSR count). The number of amides is 1. The second-order valence-electron chi connectivity index (χ2n) is 4.55. The van der Waals surface area contributed by atoms with Crippen LogP contribution in [0.15, 0.2) is 18.2 Å². The van der Waals surface area contributed by atoms with E-state index in [2.05, 4.69) is 27.9 Å². The normalized spacial score (nSPS) is 14.8. The zero-order chi connectivity index (χ0) is 12.4. The van der Waals surface area contributed by atoms with E-state index in [4.69, 9.17) is 4.74 Å².